The van der Waals surface area contributed by atoms with Crippen molar-refractivity contribution >= 4 is 17.3 Å². The Morgan fingerprint density at radius 1 is 0.971 bits per heavy atom. The number of nitrogens with zero attached hydrogens (tertiary/aromatic N) is 3. The lowest BCUT2D eigenvalue weighted by Gasteiger charge is -2.28. The predicted molar refractivity (Wildman–Crippen MR) is 139 cm³/mol. The lowest BCUT2D eigenvalue weighted by atomic mass is 9.96. The van der Waals surface area contributed by atoms with Crippen LogP contribution in [0.1, 0.15) is 40.3 Å². The summed E-state index contributed by atoms with van der Waals surface area (Å²) in [5, 5.41) is 4.31. The van der Waals surface area contributed by atoms with E-state index in [4.69, 9.17) is 17.0 Å². The van der Waals surface area contributed by atoms with E-state index in [0.717, 1.165) is 22.2 Å². The van der Waals surface area contributed by atoms with Crippen molar-refractivity contribution in [3.63, 3.8) is 0 Å². The fourth-order valence-corrected chi connectivity index (χ4v) is 5.21. The SMILES string of the molecule is COc1ccc(CN2C(=S)NC(c3ccccn3)C2c2cc(C)n(-c3ccccc3)c2C)cc1. The number of thiocarbonyl (C=S) groups is 1. The van der Waals surface area contributed by atoms with Crippen molar-refractivity contribution in [3.05, 3.63) is 113 Å². The second-order valence-electron chi connectivity index (χ2n) is 8.60. The van der Waals surface area contributed by atoms with E-state index in [0.29, 0.717) is 6.54 Å². The Bertz CT molecular complexity index is 1290. The summed E-state index contributed by atoms with van der Waals surface area (Å²) in [6.07, 6.45) is 1.84. The zero-order chi connectivity index (χ0) is 23.7. The monoisotopic (exact) mass is 468 g/mol. The van der Waals surface area contributed by atoms with Crippen molar-refractivity contribution < 1.29 is 4.74 Å². The molecule has 1 N–H and O–H groups in total. The smallest absolute Gasteiger partial charge is 0.170 e. The lowest BCUT2D eigenvalue weighted by molar-refractivity contribution is 0.310. The van der Waals surface area contributed by atoms with Gasteiger partial charge in [0.2, 0.25) is 0 Å². The predicted octanol–water partition coefficient (Wildman–Crippen LogP) is 5.67. The van der Waals surface area contributed by atoms with Gasteiger partial charge in [-0.1, -0.05) is 36.4 Å². The molecule has 2 aromatic carbocycles. The number of para-hydroxylation sites is 1. The molecule has 0 aliphatic carbocycles. The summed E-state index contributed by atoms with van der Waals surface area (Å²) in [5.74, 6) is 0.847. The normalized spacial score (nSPS) is 17.6. The summed E-state index contributed by atoms with van der Waals surface area (Å²) in [7, 11) is 1.69. The third kappa shape index (κ3) is 4.05. The van der Waals surface area contributed by atoms with Crippen LogP contribution < -0.4 is 10.1 Å². The molecule has 172 valence electrons. The standard InChI is InChI=1S/C28H28N4OS/c1-19-17-24(20(2)32(19)22-9-5-4-6-10-22)27-26(25-11-7-8-16-29-25)30-28(34)31(27)18-21-12-14-23(33-3)15-13-21/h4-17,26-27H,18H2,1-3H3,(H,30,34). The van der Waals surface area contributed by atoms with Gasteiger partial charge in [-0.05, 0) is 79.7 Å². The van der Waals surface area contributed by atoms with Crippen LogP contribution in [0.2, 0.25) is 0 Å². The van der Waals surface area contributed by atoms with Gasteiger partial charge in [-0.2, -0.15) is 0 Å². The summed E-state index contributed by atoms with van der Waals surface area (Å²) in [5.41, 5.74) is 6.97. The van der Waals surface area contributed by atoms with Gasteiger partial charge < -0.3 is 19.5 Å². The van der Waals surface area contributed by atoms with Crippen LogP contribution in [0.15, 0.2) is 85.1 Å². The van der Waals surface area contributed by atoms with Crippen molar-refractivity contribution in [2.75, 3.05) is 7.11 Å². The molecular formula is C28H28N4OS. The second-order valence-corrected chi connectivity index (χ2v) is 8.99. The van der Waals surface area contributed by atoms with Gasteiger partial charge in [0.05, 0.1) is 24.9 Å². The molecule has 5 nitrogen and oxygen atoms in total. The Morgan fingerprint density at radius 2 is 1.71 bits per heavy atom. The minimum atomic E-state index is -0.0447. The molecule has 0 spiro atoms. The average molecular weight is 469 g/mol. The molecule has 3 heterocycles. The molecule has 1 saturated heterocycles. The zero-order valence-corrected chi connectivity index (χ0v) is 20.4. The Kier molecular flexibility index (Phi) is 6.07. The first kappa shape index (κ1) is 22.2. The molecule has 5 rings (SSSR count). The second kappa shape index (κ2) is 9.31. The quantitative estimate of drug-likeness (QED) is 0.369. The van der Waals surface area contributed by atoms with Crippen molar-refractivity contribution in [2.45, 2.75) is 32.5 Å². The minimum Gasteiger partial charge on any atom is -0.497 e. The summed E-state index contributed by atoms with van der Waals surface area (Å²) in [4.78, 5) is 6.97. The molecule has 2 atom stereocenters. The van der Waals surface area contributed by atoms with E-state index >= 15 is 0 Å². The number of benzene rings is 2. The molecule has 0 radical (unpaired) electrons. The Balaban J connectivity index is 1.59. The number of methoxy groups -OCH3 is 1. The van der Waals surface area contributed by atoms with Crippen LogP contribution in [0, 0.1) is 13.8 Å². The minimum absolute atomic E-state index is 0.00756. The number of aryl methyl sites for hydroxylation is 1. The summed E-state index contributed by atoms with van der Waals surface area (Å²) in [6.45, 7) is 5.05. The molecule has 4 aromatic rings. The van der Waals surface area contributed by atoms with Crippen LogP contribution in [0.3, 0.4) is 0 Å². The van der Waals surface area contributed by atoms with Crippen LogP contribution >= 0.6 is 12.2 Å². The first-order valence-electron chi connectivity index (χ1n) is 11.4. The maximum absolute atomic E-state index is 5.87. The fourth-order valence-electron chi connectivity index (χ4n) is 4.90. The van der Waals surface area contributed by atoms with Crippen LogP contribution in [-0.4, -0.2) is 26.7 Å². The van der Waals surface area contributed by atoms with Gasteiger partial charge >= 0.3 is 0 Å². The first-order valence-corrected chi connectivity index (χ1v) is 11.8. The number of rotatable bonds is 6. The van der Waals surface area contributed by atoms with Gasteiger partial charge in [0.15, 0.2) is 5.11 Å². The van der Waals surface area contributed by atoms with Crippen LogP contribution in [0.25, 0.3) is 5.69 Å². The van der Waals surface area contributed by atoms with Crippen molar-refractivity contribution in [1.29, 1.82) is 0 Å². The highest BCUT2D eigenvalue weighted by Gasteiger charge is 2.41. The van der Waals surface area contributed by atoms with Gasteiger partial charge in [0.25, 0.3) is 0 Å². The Morgan fingerprint density at radius 3 is 2.38 bits per heavy atom. The van der Waals surface area contributed by atoms with Gasteiger partial charge in [-0.15, -0.1) is 0 Å². The maximum atomic E-state index is 5.87. The number of nitrogens with one attached hydrogen (secondary N) is 1. The van der Waals surface area contributed by atoms with Crippen molar-refractivity contribution in [1.82, 2.24) is 19.8 Å². The molecule has 0 amide bonds. The third-order valence-electron chi connectivity index (χ3n) is 6.51. The number of ether oxygens (including phenoxy) is 1. The number of hydrogen-bond donors (Lipinski definition) is 1. The molecule has 34 heavy (non-hydrogen) atoms. The maximum Gasteiger partial charge on any atom is 0.170 e. The summed E-state index contributed by atoms with van der Waals surface area (Å²) >= 11 is 5.87. The molecule has 2 aromatic heterocycles. The van der Waals surface area contributed by atoms with Gasteiger partial charge in [-0.25, -0.2) is 0 Å². The molecule has 1 fully saturated rings. The van der Waals surface area contributed by atoms with Crippen LogP contribution in [-0.2, 0) is 6.54 Å². The van der Waals surface area contributed by atoms with Crippen molar-refractivity contribution in [2.24, 2.45) is 0 Å². The molecular weight excluding hydrogens is 440 g/mol. The van der Waals surface area contributed by atoms with Gasteiger partial charge in [0.1, 0.15) is 5.75 Å². The Labute approximate surface area is 206 Å². The van der Waals surface area contributed by atoms with E-state index < -0.39 is 0 Å². The number of aromatic nitrogens is 2. The van der Waals surface area contributed by atoms with E-state index in [1.165, 1.54) is 22.5 Å². The highest BCUT2D eigenvalue weighted by Crippen LogP contribution is 2.42. The fraction of sp³-hybridized carbons (Fsp3) is 0.214. The van der Waals surface area contributed by atoms with Gasteiger partial charge in [-0.3, -0.25) is 4.98 Å². The Hall–Kier alpha value is -3.64. The summed E-state index contributed by atoms with van der Waals surface area (Å²) in [6, 6.07) is 27.0. The third-order valence-corrected chi connectivity index (χ3v) is 6.87. The van der Waals surface area contributed by atoms with E-state index in [1.54, 1.807) is 7.11 Å². The highest BCUT2D eigenvalue weighted by atomic mass is 32.1. The molecule has 0 bridgehead atoms. The number of hydrogen-bond acceptors (Lipinski definition) is 3. The van der Waals surface area contributed by atoms with Crippen molar-refractivity contribution in [3.8, 4) is 11.4 Å². The highest BCUT2D eigenvalue weighted by molar-refractivity contribution is 7.80. The van der Waals surface area contributed by atoms with E-state index in [1.807, 2.05) is 36.5 Å². The molecule has 1 aliphatic rings. The number of pyridine rings is 1. The zero-order valence-electron chi connectivity index (χ0n) is 19.6. The molecule has 2 unspecified atom stereocenters. The topological polar surface area (TPSA) is 42.3 Å². The largest absolute Gasteiger partial charge is 0.497 e. The molecule has 6 heteroatoms. The van der Waals surface area contributed by atoms with E-state index in [2.05, 4.69) is 82.1 Å². The van der Waals surface area contributed by atoms with E-state index in [9.17, 15) is 0 Å². The average Bonchev–Trinajstić information content (AvgIpc) is 3.35. The first-order chi connectivity index (χ1) is 16.6. The summed E-state index contributed by atoms with van der Waals surface area (Å²) < 4.78 is 7.65. The molecule has 1 aliphatic heterocycles. The van der Waals surface area contributed by atoms with E-state index in [-0.39, 0.29) is 12.1 Å². The van der Waals surface area contributed by atoms with Gasteiger partial charge in [0, 0.05) is 29.8 Å². The van der Waals surface area contributed by atoms with Crippen LogP contribution in [0.4, 0.5) is 0 Å². The lowest BCUT2D eigenvalue weighted by Crippen LogP contribution is -2.29. The van der Waals surface area contributed by atoms with Crippen LogP contribution in [0.5, 0.6) is 5.75 Å². The molecule has 0 saturated carbocycles.